The lowest BCUT2D eigenvalue weighted by molar-refractivity contribution is -0.116. The molecule has 2 aromatic carbocycles. The first kappa shape index (κ1) is 15.1. The number of benzene rings is 2. The molecular weight excluding hydrogens is 330 g/mol. The minimum Gasteiger partial charge on any atom is -0.374 e. The number of nitrogens with one attached hydrogen (secondary N) is 2. The van der Waals surface area contributed by atoms with Gasteiger partial charge in [-0.05, 0) is 43.3 Å². The minimum atomic E-state index is -0.419. The number of para-hydroxylation sites is 1. The van der Waals surface area contributed by atoms with Crippen LogP contribution in [0, 0.1) is 11.3 Å². The zero-order valence-electron chi connectivity index (χ0n) is 11.4. The number of hydrogen-bond donors (Lipinski definition) is 2. The van der Waals surface area contributed by atoms with Crippen LogP contribution < -0.4 is 10.6 Å². The summed E-state index contributed by atoms with van der Waals surface area (Å²) in [5.74, 6) is -0.194. The van der Waals surface area contributed by atoms with Crippen LogP contribution in [0.1, 0.15) is 12.5 Å². The molecule has 4 nitrogen and oxygen atoms in total. The Kier molecular flexibility index (Phi) is 4.96. The van der Waals surface area contributed by atoms with Crippen molar-refractivity contribution in [1.82, 2.24) is 0 Å². The highest BCUT2D eigenvalue weighted by atomic mass is 79.9. The number of amides is 1. The summed E-state index contributed by atoms with van der Waals surface area (Å²) in [6.45, 7) is 1.77. The third-order valence-corrected chi connectivity index (χ3v) is 3.45. The van der Waals surface area contributed by atoms with E-state index in [9.17, 15) is 4.79 Å². The maximum atomic E-state index is 12.2. The van der Waals surface area contributed by atoms with Gasteiger partial charge < -0.3 is 10.6 Å². The Balaban J connectivity index is 2.03. The van der Waals surface area contributed by atoms with Crippen molar-refractivity contribution in [2.75, 3.05) is 10.6 Å². The lowest BCUT2D eigenvalue weighted by Crippen LogP contribution is -2.32. The van der Waals surface area contributed by atoms with Crippen molar-refractivity contribution >= 4 is 33.2 Å². The van der Waals surface area contributed by atoms with Crippen molar-refractivity contribution in [3.05, 3.63) is 58.6 Å². The zero-order chi connectivity index (χ0) is 15.2. The van der Waals surface area contributed by atoms with Gasteiger partial charge in [-0.1, -0.05) is 28.1 Å². The molecule has 2 aromatic rings. The maximum absolute atomic E-state index is 12.2. The lowest BCUT2D eigenvalue weighted by atomic mass is 10.2. The molecule has 0 aliphatic rings. The van der Waals surface area contributed by atoms with Gasteiger partial charge in [0.2, 0.25) is 5.91 Å². The molecule has 0 aromatic heterocycles. The van der Waals surface area contributed by atoms with E-state index in [1.807, 2.05) is 24.3 Å². The molecule has 0 saturated carbocycles. The second kappa shape index (κ2) is 6.91. The maximum Gasteiger partial charge on any atom is 0.246 e. The summed E-state index contributed by atoms with van der Waals surface area (Å²) >= 11 is 3.36. The minimum absolute atomic E-state index is 0.194. The average molecular weight is 344 g/mol. The molecule has 2 N–H and O–H groups in total. The molecule has 0 aliphatic heterocycles. The smallest absolute Gasteiger partial charge is 0.246 e. The first-order valence-corrected chi connectivity index (χ1v) is 7.21. The van der Waals surface area contributed by atoms with Crippen molar-refractivity contribution in [1.29, 1.82) is 5.26 Å². The molecule has 0 unspecified atom stereocenters. The highest BCUT2D eigenvalue weighted by Gasteiger charge is 2.14. The molecule has 1 atom stereocenters. The first-order chi connectivity index (χ1) is 10.1. The van der Waals surface area contributed by atoms with Crippen LogP contribution in [-0.4, -0.2) is 11.9 Å². The molecule has 0 aliphatic carbocycles. The van der Waals surface area contributed by atoms with Crippen LogP contribution in [0.5, 0.6) is 0 Å². The van der Waals surface area contributed by atoms with E-state index in [4.69, 9.17) is 5.26 Å². The van der Waals surface area contributed by atoms with Crippen molar-refractivity contribution in [2.24, 2.45) is 0 Å². The van der Waals surface area contributed by atoms with Crippen LogP contribution in [0.4, 0.5) is 11.4 Å². The first-order valence-electron chi connectivity index (χ1n) is 6.42. The van der Waals surface area contributed by atoms with E-state index >= 15 is 0 Å². The van der Waals surface area contributed by atoms with E-state index in [0.29, 0.717) is 11.3 Å². The Morgan fingerprint density at radius 3 is 2.52 bits per heavy atom. The van der Waals surface area contributed by atoms with E-state index < -0.39 is 6.04 Å². The Morgan fingerprint density at radius 2 is 1.86 bits per heavy atom. The highest BCUT2D eigenvalue weighted by molar-refractivity contribution is 9.10. The lowest BCUT2D eigenvalue weighted by Gasteiger charge is -2.15. The van der Waals surface area contributed by atoms with Crippen molar-refractivity contribution in [3.63, 3.8) is 0 Å². The third-order valence-electron chi connectivity index (χ3n) is 2.93. The van der Waals surface area contributed by atoms with Crippen LogP contribution in [0.15, 0.2) is 53.0 Å². The second-order valence-corrected chi connectivity index (χ2v) is 5.44. The van der Waals surface area contributed by atoms with Crippen LogP contribution in [-0.2, 0) is 4.79 Å². The van der Waals surface area contributed by atoms with Gasteiger partial charge in [0, 0.05) is 10.2 Å². The van der Waals surface area contributed by atoms with Gasteiger partial charge in [-0.2, -0.15) is 5.26 Å². The SMILES string of the molecule is C[C@@H](Nc1ccc(Br)cc1)C(=O)Nc1ccccc1C#N. The fraction of sp³-hybridized carbons (Fsp3) is 0.125. The fourth-order valence-electron chi connectivity index (χ4n) is 1.79. The van der Waals surface area contributed by atoms with E-state index in [1.165, 1.54) is 0 Å². The van der Waals surface area contributed by atoms with Gasteiger partial charge in [-0.15, -0.1) is 0 Å². The summed E-state index contributed by atoms with van der Waals surface area (Å²) in [4.78, 5) is 12.2. The van der Waals surface area contributed by atoms with Crippen LogP contribution >= 0.6 is 15.9 Å². The molecule has 1 amide bonds. The quantitative estimate of drug-likeness (QED) is 0.888. The Morgan fingerprint density at radius 1 is 1.19 bits per heavy atom. The number of anilines is 2. The number of nitriles is 1. The van der Waals surface area contributed by atoms with Gasteiger partial charge in [0.25, 0.3) is 0 Å². The van der Waals surface area contributed by atoms with Crippen molar-refractivity contribution in [2.45, 2.75) is 13.0 Å². The number of rotatable bonds is 4. The highest BCUT2D eigenvalue weighted by Crippen LogP contribution is 2.17. The monoisotopic (exact) mass is 343 g/mol. The summed E-state index contributed by atoms with van der Waals surface area (Å²) in [5, 5.41) is 14.9. The van der Waals surface area contributed by atoms with Gasteiger partial charge in [0.1, 0.15) is 12.1 Å². The van der Waals surface area contributed by atoms with Gasteiger partial charge in [-0.25, -0.2) is 0 Å². The summed E-state index contributed by atoms with van der Waals surface area (Å²) < 4.78 is 0.980. The number of carbonyl (C=O) groups excluding carboxylic acids is 1. The normalized spacial score (nSPS) is 11.3. The number of hydrogen-bond acceptors (Lipinski definition) is 3. The topological polar surface area (TPSA) is 64.9 Å². The average Bonchev–Trinajstić information content (AvgIpc) is 2.50. The molecular formula is C16H14BrN3O. The van der Waals surface area contributed by atoms with Crippen LogP contribution in [0.2, 0.25) is 0 Å². The van der Waals surface area contributed by atoms with Gasteiger partial charge in [0.15, 0.2) is 0 Å². The molecule has 0 bridgehead atoms. The van der Waals surface area contributed by atoms with Gasteiger partial charge in [-0.3, -0.25) is 4.79 Å². The van der Waals surface area contributed by atoms with Crippen molar-refractivity contribution in [3.8, 4) is 6.07 Å². The summed E-state index contributed by atoms with van der Waals surface area (Å²) in [7, 11) is 0. The summed E-state index contributed by atoms with van der Waals surface area (Å²) in [6.07, 6.45) is 0. The predicted molar refractivity (Wildman–Crippen MR) is 87.0 cm³/mol. The molecule has 0 spiro atoms. The van der Waals surface area contributed by atoms with E-state index in [1.54, 1.807) is 31.2 Å². The molecule has 106 valence electrons. The molecule has 5 heteroatoms. The van der Waals surface area contributed by atoms with Gasteiger partial charge >= 0.3 is 0 Å². The Bertz CT molecular complexity index is 677. The predicted octanol–water partition coefficient (Wildman–Crippen LogP) is 3.76. The van der Waals surface area contributed by atoms with Gasteiger partial charge in [0.05, 0.1) is 11.3 Å². The Hall–Kier alpha value is -2.32. The molecule has 0 saturated heterocycles. The molecule has 2 rings (SSSR count). The fourth-order valence-corrected chi connectivity index (χ4v) is 2.06. The van der Waals surface area contributed by atoms with E-state index in [2.05, 4.69) is 32.6 Å². The standard InChI is InChI=1S/C16H14BrN3O/c1-11(19-14-8-6-13(17)7-9-14)16(21)20-15-5-3-2-4-12(15)10-18/h2-9,11,19H,1H3,(H,20,21)/t11-/m1/s1. The van der Waals surface area contributed by atoms with E-state index in [-0.39, 0.29) is 5.91 Å². The molecule has 0 radical (unpaired) electrons. The molecule has 0 fully saturated rings. The number of halogens is 1. The second-order valence-electron chi connectivity index (χ2n) is 4.52. The Labute approximate surface area is 131 Å². The third kappa shape index (κ3) is 4.07. The number of nitrogens with zero attached hydrogens (tertiary/aromatic N) is 1. The molecule has 21 heavy (non-hydrogen) atoms. The van der Waals surface area contributed by atoms with Crippen LogP contribution in [0.3, 0.4) is 0 Å². The van der Waals surface area contributed by atoms with E-state index in [0.717, 1.165) is 10.2 Å². The van der Waals surface area contributed by atoms with Crippen LogP contribution in [0.25, 0.3) is 0 Å². The van der Waals surface area contributed by atoms with Crippen molar-refractivity contribution < 1.29 is 4.79 Å². The largest absolute Gasteiger partial charge is 0.374 e. The molecule has 0 heterocycles. The zero-order valence-corrected chi connectivity index (χ0v) is 13.0. The summed E-state index contributed by atoms with van der Waals surface area (Å²) in [5.41, 5.74) is 1.82. The number of carbonyl (C=O) groups is 1. The summed E-state index contributed by atoms with van der Waals surface area (Å²) in [6, 6.07) is 16.1.